The van der Waals surface area contributed by atoms with Gasteiger partial charge in [0.2, 0.25) is 0 Å². The Bertz CT molecular complexity index is 653. The van der Waals surface area contributed by atoms with Gasteiger partial charge in [-0.05, 0) is 42.0 Å². The molecule has 6 heteroatoms. The highest BCUT2D eigenvalue weighted by atomic mass is 79.9. The first-order valence-corrected chi connectivity index (χ1v) is 7.31. The van der Waals surface area contributed by atoms with Crippen LogP contribution in [0.1, 0.15) is 15.9 Å². The highest BCUT2D eigenvalue weighted by Crippen LogP contribution is 2.12. The maximum absolute atomic E-state index is 11.9. The minimum atomic E-state index is -0.454. The van der Waals surface area contributed by atoms with Gasteiger partial charge in [-0.1, -0.05) is 28.1 Å². The van der Waals surface area contributed by atoms with Crippen molar-refractivity contribution in [3.05, 3.63) is 64.1 Å². The number of hydrogen-bond donors (Lipinski definition) is 2. The number of carbonyl (C=O) groups is 2. The minimum absolute atomic E-state index is 0.119. The lowest BCUT2D eigenvalue weighted by atomic mass is 10.1. The molecule has 5 nitrogen and oxygen atoms in total. The Labute approximate surface area is 136 Å². The molecule has 2 aromatic rings. The maximum Gasteiger partial charge on any atom is 0.310 e. The van der Waals surface area contributed by atoms with Gasteiger partial charge in [-0.15, -0.1) is 0 Å². The zero-order valence-corrected chi connectivity index (χ0v) is 13.2. The molecule has 0 aromatic heterocycles. The third-order valence-corrected chi connectivity index (χ3v) is 3.49. The topological polar surface area (TPSA) is 75.6 Å². The van der Waals surface area contributed by atoms with Crippen LogP contribution in [0, 0.1) is 0 Å². The SMILES string of the molecule is O=C(Cc1ccc(Br)cc1)OCC(=O)c1ccc(NO)cc1. The average Bonchev–Trinajstić information content (AvgIpc) is 2.55. The molecule has 0 saturated carbocycles. The third kappa shape index (κ3) is 4.68. The molecular formula is C16H14BrNO4. The van der Waals surface area contributed by atoms with E-state index in [0.717, 1.165) is 10.0 Å². The Morgan fingerprint density at radius 2 is 1.68 bits per heavy atom. The molecule has 2 aromatic carbocycles. The lowest BCUT2D eigenvalue weighted by Gasteiger charge is -2.05. The smallest absolute Gasteiger partial charge is 0.310 e. The summed E-state index contributed by atoms with van der Waals surface area (Å²) in [5.41, 5.74) is 3.68. The second-order valence-corrected chi connectivity index (χ2v) is 5.49. The van der Waals surface area contributed by atoms with Crippen LogP contribution in [0.15, 0.2) is 53.0 Å². The summed E-state index contributed by atoms with van der Waals surface area (Å²) in [6, 6.07) is 13.5. The summed E-state index contributed by atoms with van der Waals surface area (Å²) in [7, 11) is 0. The predicted molar refractivity (Wildman–Crippen MR) is 85.0 cm³/mol. The molecule has 0 saturated heterocycles. The van der Waals surface area contributed by atoms with E-state index in [2.05, 4.69) is 15.9 Å². The van der Waals surface area contributed by atoms with E-state index in [0.29, 0.717) is 11.3 Å². The van der Waals surface area contributed by atoms with E-state index in [1.165, 1.54) is 0 Å². The fourth-order valence-corrected chi connectivity index (χ4v) is 2.04. The first-order chi connectivity index (χ1) is 10.6. The molecule has 0 aliphatic carbocycles. The molecule has 0 fully saturated rings. The van der Waals surface area contributed by atoms with Gasteiger partial charge >= 0.3 is 5.97 Å². The van der Waals surface area contributed by atoms with Crippen molar-refractivity contribution >= 4 is 33.4 Å². The van der Waals surface area contributed by atoms with Crippen LogP contribution in [-0.2, 0) is 16.0 Å². The molecule has 0 atom stereocenters. The molecule has 0 aliphatic heterocycles. The Morgan fingerprint density at radius 3 is 2.27 bits per heavy atom. The summed E-state index contributed by atoms with van der Waals surface area (Å²) in [6.45, 7) is -0.304. The number of Topliss-reactive ketones (excluding diaryl/α,β-unsaturated/α-hetero) is 1. The molecule has 0 spiro atoms. The fraction of sp³-hybridized carbons (Fsp3) is 0.125. The van der Waals surface area contributed by atoms with Crippen LogP contribution < -0.4 is 5.48 Å². The first kappa shape index (κ1) is 16.2. The van der Waals surface area contributed by atoms with E-state index in [1.807, 2.05) is 29.7 Å². The molecule has 0 amide bonds. The van der Waals surface area contributed by atoms with Gasteiger partial charge in [-0.2, -0.15) is 0 Å². The number of nitrogens with one attached hydrogen (secondary N) is 1. The van der Waals surface area contributed by atoms with Crippen LogP contribution in [0.5, 0.6) is 0 Å². The summed E-state index contributed by atoms with van der Waals surface area (Å²) in [4.78, 5) is 23.6. The van der Waals surface area contributed by atoms with Gasteiger partial charge in [0, 0.05) is 10.0 Å². The van der Waals surface area contributed by atoms with Gasteiger partial charge in [0.05, 0.1) is 12.1 Å². The highest BCUT2D eigenvalue weighted by molar-refractivity contribution is 9.10. The number of ether oxygens (including phenoxy) is 1. The van der Waals surface area contributed by atoms with Crippen molar-refractivity contribution < 1.29 is 19.5 Å². The molecule has 0 bridgehead atoms. The van der Waals surface area contributed by atoms with E-state index in [4.69, 9.17) is 9.94 Å². The van der Waals surface area contributed by atoms with Crippen molar-refractivity contribution in [2.45, 2.75) is 6.42 Å². The molecular weight excluding hydrogens is 350 g/mol. The number of esters is 1. The molecule has 0 aliphatic rings. The fourth-order valence-electron chi connectivity index (χ4n) is 1.78. The molecule has 2 N–H and O–H groups in total. The highest BCUT2D eigenvalue weighted by Gasteiger charge is 2.10. The van der Waals surface area contributed by atoms with Crippen LogP contribution in [0.3, 0.4) is 0 Å². The predicted octanol–water partition coefficient (Wildman–Crippen LogP) is 3.22. The third-order valence-electron chi connectivity index (χ3n) is 2.96. The first-order valence-electron chi connectivity index (χ1n) is 6.52. The van der Waals surface area contributed by atoms with Crippen LogP contribution in [-0.4, -0.2) is 23.6 Å². The molecule has 0 heterocycles. The molecule has 114 valence electrons. The molecule has 2 rings (SSSR count). The van der Waals surface area contributed by atoms with E-state index >= 15 is 0 Å². The number of ketones is 1. The number of anilines is 1. The Kier molecular flexibility index (Phi) is 5.68. The zero-order chi connectivity index (χ0) is 15.9. The van der Waals surface area contributed by atoms with Crippen molar-refractivity contribution in [3.63, 3.8) is 0 Å². The van der Waals surface area contributed by atoms with E-state index in [-0.39, 0.29) is 18.8 Å². The summed E-state index contributed by atoms with van der Waals surface area (Å²) in [5, 5.41) is 8.69. The summed E-state index contributed by atoms with van der Waals surface area (Å²) < 4.78 is 5.91. The molecule has 22 heavy (non-hydrogen) atoms. The van der Waals surface area contributed by atoms with Gasteiger partial charge in [-0.25, -0.2) is 0 Å². The number of hydrogen-bond acceptors (Lipinski definition) is 5. The van der Waals surface area contributed by atoms with E-state index < -0.39 is 5.97 Å². The van der Waals surface area contributed by atoms with Crippen LogP contribution in [0.4, 0.5) is 5.69 Å². The second-order valence-electron chi connectivity index (χ2n) is 4.58. The van der Waals surface area contributed by atoms with Crippen molar-refractivity contribution in [1.29, 1.82) is 0 Å². The maximum atomic E-state index is 11.9. The lowest BCUT2D eigenvalue weighted by molar-refractivity contribution is -0.141. The quantitative estimate of drug-likeness (QED) is 0.468. The largest absolute Gasteiger partial charge is 0.457 e. The van der Waals surface area contributed by atoms with E-state index in [9.17, 15) is 9.59 Å². The van der Waals surface area contributed by atoms with Crippen molar-refractivity contribution in [2.24, 2.45) is 0 Å². The Hall–Kier alpha value is -2.18. The Balaban J connectivity index is 1.84. The molecule has 0 unspecified atom stereocenters. The van der Waals surface area contributed by atoms with Crippen molar-refractivity contribution in [3.8, 4) is 0 Å². The zero-order valence-electron chi connectivity index (χ0n) is 11.6. The number of carbonyl (C=O) groups excluding carboxylic acids is 2. The van der Waals surface area contributed by atoms with Crippen LogP contribution >= 0.6 is 15.9 Å². The van der Waals surface area contributed by atoms with Crippen molar-refractivity contribution in [2.75, 3.05) is 12.1 Å². The van der Waals surface area contributed by atoms with Crippen molar-refractivity contribution in [1.82, 2.24) is 0 Å². The molecule has 0 radical (unpaired) electrons. The summed E-state index contributed by atoms with van der Waals surface area (Å²) in [5.74, 6) is -0.752. The van der Waals surface area contributed by atoms with Gasteiger partial charge in [-0.3, -0.25) is 20.3 Å². The lowest BCUT2D eigenvalue weighted by Crippen LogP contribution is -2.15. The van der Waals surface area contributed by atoms with E-state index in [1.54, 1.807) is 24.3 Å². The number of rotatable bonds is 6. The van der Waals surface area contributed by atoms with Gasteiger partial charge in [0.15, 0.2) is 12.4 Å². The summed E-state index contributed by atoms with van der Waals surface area (Å²) in [6.07, 6.45) is 0.119. The minimum Gasteiger partial charge on any atom is -0.457 e. The monoisotopic (exact) mass is 363 g/mol. The second kappa shape index (κ2) is 7.72. The normalized spacial score (nSPS) is 10.1. The van der Waals surface area contributed by atoms with Gasteiger partial charge < -0.3 is 4.74 Å². The standard InChI is InChI=1S/C16H14BrNO4/c17-13-5-1-11(2-6-13)9-16(20)22-10-15(19)12-3-7-14(18-21)8-4-12/h1-8,18,21H,9-10H2. The van der Waals surface area contributed by atoms with Gasteiger partial charge in [0.25, 0.3) is 0 Å². The van der Waals surface area contributed by atoms with Crippen LogP contribution in [0.2, 0.25) is 0 Å². The summed E-state index contributed by atoms with van der Waals surface area (Å²) >= 11 is 3.32. The number of halogens is 1. The average molecular weight is 364 g/mol. The van der Waals surface area contributed by atoms with Crippen LogP contribution in [0.25, 0.3) is 0 Å². The Morgan fingerprint density at radius 1 is 1.05 bits per heavy atom. The van der Waals surface area contributed by atoms with Gasteiger partial charge in [0.1, 0.15) is 0 Å². The number of benzene rings is 2.